The third-order valence-corrected chi connectivity index (χ3v) is 3.38. The van der Waals surface area contributed by atoms with Gasteiger partial charge in [-0.1, -0.05) is 19.6 Å². The van der Waals surface area contributed by atoms with E-state index in [-0.39, 0.29) is 0 Å². The summed E-state index contributed by atoms with van der Waals surface area (Å²) >= 11 is 0. The lowest BCUT2D eigenvalue weighted by molar-refractivity contribution is -0.133. The number of hydrogen-bond acceptors (Lipinski definition) is 1. The summed E-state index contributed by atoms with van der Waals surface area (Å²) in [4.78, 5) is 10.2. The van der Waals surface area contributed by atoms with Crippen molar-refractivity contribution in [3.05, 3.63) is 0 Å². The van der Waals surface area contributed by atoms with Gasteiger partial charge < -0.3 is 5.73 Å². The van der Waals surface area contributed by atoms with E-state index in [0.717, 1.165) is 0 Å². The normalized spacial score (nSPS) is 13.3. The van der Waals surface area contributed by atoms with Gasteiger partial charge in [0.05, 0.1) is 0 Å². The smallest absolute Gasteiger partial charge is 0.303 e. The monoisotopic (exact) mass is 167 g/mol. The first kappa shape index (κ1) is 9.55. The Morgan fingerprint density at radius 2 is 1.70 bits per heavy atom. The van der Waals surface area contributed by atoms with Gasteiger partial charge in [0.25, 0.3) is 5.91 Å². The Morgan fingerprint density at radius 1 is 1.40 bits per heavy atom. The van der Waals surface area contributed by atoms with Gasteiger partial charge in [0.2, 0.25) is 0 Å². The molecule has 0 radical (unpaired) electrons. The molecular weight excluding hydrogens is 156 g/mol. The van der Waals surface area contributed by atoms with Crippen molar-refractivity contribution in [3.63, 3.8) is 0 Å². The van der Waals surface area contributed by atoms with Crippen molar-refractivity contribution in [1.82, 2.24) is 0 Å². The van der Waals surface area contributed by atoms with Crippen molar-refractivity contribution in [2.45, 2.75) is 25.2 Å². The summed E-state index contributed by atoms with van der Waals surface area (Å²) in [6.07, 6.45) is 0. The van der Waals surface area contributed by atoms with Gasteiger partial charge in [-0.25, -0.2) is 8.78 Å². The molecule has 2 nitrogen and oxygen atoms in total. The van der Waals surface area contributed by atoms with Gasteiger partial charge in [0.15, 0.2) is 0 Å². The molecule has 0 aromatic heterocycles. The zero-order valence-electron chi connectivity index (χ0n) is 6.24. The minimum atomic E-state index is -3.28. The molecule has 0 unspecified atom stereocenters. The van der Waals surface area contributed by atoms with Crippen LogP contribution >= 0.6 is 0 Å². The molecule has 0 heterocycles. The molecular formula is C5H11F2NOSi. The van der Waals surface area contributed by atoms with E-state index < -0.39 is 19.5 Å². The molecule has 10 heavy (non-hydrogen) atoms. The third-order valence-electron chi connectivity index (χ3n) is 1.25. The first-order valence-electron chi connectivity index (χ1n) is 2.87. The fourth-order valence-corrected chi connectivity index (χ4v) is 1.11. The SMILES string of the molecule is C[Si](C)(C)C(F)(F)C(N)=O. The number of rotatable bonds is 2. The second-order valence-corrected chi connectivity index (χ2v) is 8.32. The van der Waals surface area contributed by atoms with Crippen LogP contribution in [0.15, 0.2) is 0 Å². The molecule has 0 atom stereocenters. The van der Waals surface area contributed by atoms with E-state index in [0.29, 0.717) is 0 Å². The highest BCUT2D eigenvalue weighted by atomic mass is 28.3. The lowest BCUT2D eigenvalue weighted by Gasteiger charge is -2.24. The summed E-state index contributed by atoms with van der Waals surface area (Å²) < 4.78 is 25.3. The van der Waals surface area contributed by atoms with E-state index >= 15 is 0 Å². The number of amides is 1. The maximum absolute atomic E-state index is 12.6. The van der Waals surface area contributed by atoms with Gasteiger partial charge in [-0.05, 0) is 0 Å². The number of hydrogen-bond donors (Lipinski definition) is 1. The molecule has 0 aliphatic carbocycles. The van der Waals surface area contributed by atoms with Crippen LogP contribution in [0.3, 0.4) is 0 Å². The Balaban J connectivity index is 4.57. The molecule has 0 spiro atoms. The molecule has 0 aliphatic heterocycles. The summed E-state index contributed by atoms with van der Waals surface area (Å²) in [6, 6.07) is 0. The van der Waals surface area contributed by atoms with Gasteiger partial charge >= 0.3 is 5.55 Å². The van der Waals surface area contributed by atoms with E-state index in [1.54, 1.807) is 0 Å². The van der Waals surface area contributed by atoms with Crippen molar-refractivity contribution < 1.29 is 13.6 Å². The van der Waals surface area contributed by atoms with Gasteiger partial charge in [-0.2, -0.15) is 0 Å². The highest BCUT2D eigenvalue weighted by Gasteiger charge is 2.50. The fourth-order valence-electron chi connectivity index (χ4n) is 0.370. The molecule has 0 saturated carbocycles. The first-order chi connectivity index (χ1) is 4.19. The predicted octanol–water partition coefficient (Wildman–Crippen LogP) is 0.984. The Hall–Kier alpha value is -0.453. The Morgan fingerprint density at radius 3 is 1.70 bits per heavy atom. The van der Waals surface area contributed by atoms with Crippen LogP contribution in [0.2, 0.25) is 19.6 Å². The van der Waals surface area contributed by atoms with E-state index in [9.17, 15) is 13.6 Å². The van der Waals surface area contributed by atoms with Gasteiger partial charge in [0, 0.05) is 0 Å². The number of carbonyl (C=O) groups excluding carboxylic acids is 1. The first-order valence-corrected chi connectivity index (χ1v) is 6.37. The summed E-state index contributed by atoms with van der Waals surface area (Å²) in [6.45, 7) is 4.20. The van der Waals surface area contributed by atoms with Crippen molar-refractivity contribution >= 4 is 14.0 Å². The van der Waals surface area contributed by atoms with E-state index in [1.807, 2.05) is 0 Å². The molecule has 60 valence electrons. The summed E-state index contributed by atoms with van der Waals surface area (Å²) in [5, 5.41) is 0. The average molecular weight is 167 g/mol. The molecule has 0 rings (SSSR count). The maximum Gasteiger partial charge on any atom is 0.303 e. The van der Waals surface area contributed by atoms with Crippen molar-refractivity contribution in [1.29, 1.82) is 0 Å². The second-order valence-electron chi connectivity index (χ2n) is 3.19. The van der Waals surface area contributed by atoms with Crippen LogP contribution in [0.4, 0.5) is 8.78 Å². The third kappa shape index (κ3) is 1.53. The molecule has 0 saturated heterocycles. The van der Waals surface area contributed by atoms with E-state index in [2.05, 4.69) is 5.73 Å². The molecule has 0 aromatic carbocycles. The Bertz CT molecular complexity index is 152. The van der Waals surface area contributed by atoms with Crippen molar-refractivity contribution in [3.8, 4) is 0 Å². The molecule has 0 fully saturated rings. The number of alkyl halides is 2. The lowest BCUT2D eigenvalue weighted by Crippen LogP contribution is -2.54. The molecule has 0 bridgehead atoms. The van der Waals surface area contributed by atoms with Gasteiger partial charge in [0.1, 0.15) is 8.07 Å². The highest BCUT2D eigenvalue weighted by Crippen LogP contribution is 2.25. The molecule has 2 N–H and O–H groups in total. The van der Waals surface area contributed by atoms with Gasteiger partial charge in [-0.3, -0.25) is 4.79 Å². The topological polar surface area (TPSA) is 43.1 Å². The van der Waals surface area contributed by atoms with E-state index in [1.165, 1.54) is 19.6 Å². The maximum atomic E-state index is 12.6. The largest absolute Gasteiger partial charge is 0.365 e. The van der Waals surface area contributed by atoms with Crippen LogP contribution in [0.25, 0.3) is 0 Å². The minimum Gasteiger partial charge on any atom is -0.365 e. The van der Waals surface area contributed by atoms with Crippen molar-refractivity contribution in [2.75, 3.05) is 0 Å². The number of carbonyl (C=O) groups is 1. The second kappa shape index (κ2) is 2.30. The van der Waals surface area contributed by atoms with Crippen LogP contribution < -0.4 is 5.73 Å². The van der Waals surface area contributed by atoms with Crippen LogP contribution in [0, 0.1) is 0 Å². The fraction of sp³-hybridized carbons (Fsp3) is 0.800. The zero-order chi connectivity index (χ0) is 8.58. The number of nitrogens with two attached hydrogens (primary N) is 1. The standard InChI is InChI=1S/C5H11F2NOSi/c1-10(2,3)5(6,7)4(8)9/h1-3H3,(H2,8,9). The highest BCUT2D eigenvalue weighted by molar-refractivity contribution is 6.81. The summed E-state index contributed by atoms with van der Waals surface area (Å²) in [5.41, 5.74) is 1.22. The van der Waals surface area contributed by atoms with Crippen LogP contribution in [0.1, 0.15) is 0 Å². The Labute approximate surface area is 59.4 Å². The average Bonchev–Trinajstić information content (AvgIpc) is 1.62. The van der Waals surface area contributed by atoms with Crippen LogP contribution in [-0.4, -0.2) is 19.5 Å². The Kier molecular flexibility index (Phi) is 2.20. The lowest BCUT2D eigenvalue weighted by atomic mass is 10.7. The molecule has 0 aliphatic rings. The molecule has 5 heteroatoms. The van der Waals surface area contributed by atoms with Gasteiger partial charge in [-0.15, -0.1) is 0 Å². The van der Waals surface area contributed by atoms with Crippen LogP contribution in [0.5, 0.6) is 0 Å². The van der Waals surface area contributed by atoms with Crippen LogP contribution in [-0.2, 0) is 4.79 Å². The number of halogens is 2. The summed E-state index contributed by atoms with van der Waals surface area (Å²) in [7, 11) is -2.76. The quantitative estimate of drug-likeness (QED) is 0.612. The summed E-state index contributed by atoms with van der Waals surface area (Å²) in [5.74, 6) is -1.51. The minimum absolute atomic E-state index is 1.40. The molecule has 1 amide bonds. The predicted molar refractivity (Wildman–Crippen MR) is 37.5 cm³/mol. The molecule has 0 aromatic rings. The van der Waals surface area contributed by atoms with Crippen molar-refractivity contribution in [2.24, 2.45) is 5.73 Å². The number of primary amides is 1. The van der Waals surface area contributed by atoms with E-state index in [4.69, 9.17) is 0 Å². The zero-order valence-corrected chi connectivity index (χ0v) is 7.24.